The van der Waals surface area contributed by atoms with Crippen molar-refractivity contribution in [3.05, 3.63) is 84.2 Å². The summed E-state index contributed by atoms with van der Waals surface area (Å²) >= 11 is 0. The summed E-state index contributed by atoms with van der Waals surface area (Å²) in [5, 5.41) is 11.6. The summed E-state index contributed by atoms with van der Waals surface area (Å²) < 4.78 is 1.90. The number of nitrogens with zero attached hydrogens (tertiary/aromatic N) is 4. The van der Waals surface area contributed by atoms with Crippen molar-refractivity contribution in [2.24, 2.45) is 4.99 Å². The van der Waals surface area contributed by atoms with Crippen molar-refractivity contribution in [1.29, 1.82) is 0 Å². The Kier molecular flexibility index (Phi) is 8.48. The summed E-state index contributed by atoms with van der Waals surface area (Å²) in [6.07, 6.45) is 3.10. The topological polar surface area (TPSA) is 57.5 Å². The quantitative estimate of drug-likeness (QED) is 0.289. The average Bonchev–Trinajstić information content (AvgIpc) is 3.39. The largest absolute Gasteiger partial charge is 0.352 e. The average molecular weight is 530 g/mol. The Labute approximate surface area is 201 Å². The molecule has 1 aromatic heterocycles. The van der Waals surface area contributed by atoms with Gasteiger partial charge >= 0.3 is 0 Å². The molecular formula is C24H31IN6. The first-order chi connectivity index (χ1) is 14.7. The number of aromatic nitrogens is 2. The number of benzene rings is 2. The Morgan fingerprint density at radius 3 is 2.48 bits per heavy atom. The molecule has 7 heteroatoms. The van der Waals surface area contributed by atoms with Gasteiger partial charge in [0.2, 0.25) is 0 Å². The van der Waals surface area contributed by atoms with Gasteiger partial charge in [0, 0.05) is 38.4 Å². The van der Waals surface area contributed by atoms with E-state index in [4.69, 9.17) is 0 Å². The SMILES string of the molecule is CN=C(NCc1ccn(-c2ccccc2)n1)NC1CC(C)N(Cc2ccccc2)C1.I. The third kappa shape index (κ3) is 6.30. The number of nitrogens with one attached hydrogen (secondary N) is 2. The predicted molar refractivity (Wildman–Crippen MR) is 137 cm³/mol. The van der Waals surface area contributed by atoms with Gasteiger partial charge in [-0.15, -0.1) is 24.0 Å². The summed E-state index contributed by atoms with van der Waals surface area (Å²) in [5.74, 6) is 0.822. The van der Waals surface area contributed by atoms with Crippen LogP contribution in [0, 0.1) is 0 Å². The van der Waals surface area contributed by atoms with Crippen molar-refractivity contribution in [3.63, 3.8) is 0 Å². The zero-order valence-electron chi connectivity index (χ0n) is 18.1. The van der Waals surface area contributed by atoms with E-state index < -0.39 is 0 Å². The van der Waals surface area contributed by atoms with Crippen LogP contribution in [0.15, 0.2) is 77.9 Å². The Morgan fingerprint density at radius 2 is 1.77 bits per heavy atom. The maximum Gasteiger partial charge on any atom is 0.191 e. The number of aliphatic imine (C=N–C) groups is 1. The molecule has 2 atom stereocenters. The maximum atomic E-state index is 4.65. The fourth-order valence-electron chi connectivity index (χ4n) is 3.98. The van der Waals surface area contributed by atoms with Gasteiger partial charge in [0.25, 0.3) is 0 Å². The van der Waals surface area contributed by atoms with Crippen molar-refractivity contribution in [2.75, 3.05) is 13.6 Å². The second kappa shape index (κ2) is 11.3. The lowest BCUT2D eigenvalue weighted by atomic mass is 10.2. The molecule has 1 aliphatic heterocycles. The van der Waals surface area contributed by atoms with E-state index in [2.05, 4.69) is 62.9 Å². The third-order valence-electron chi connectivity index (χ3n) is 5.60. The molecular weight excluding hydrogens is 499 g/mol. The van der Waals surface area contributed by atoms with Crippen LogP contribution in [0.4, 0.5) is 0 Å². The van der Waals surface area contributed by atoms with Crippen LogP contribution < -0.4 is 10.6 Å². The molecule has 0 bridgehead atoms. The van der Waals surface area contributed by atoms with Crippen molar-refractivity contribution in [3.8, 4) is 5.69 Å². The molecule has 2 unspecified atom stereocenters. The molecule has 1 fully saturated rings. The predicted octanol–water partition coefficient (Wildman–Crippen LogP) is 3.82. The standard InChI is InChI=1S/C24H30N6.HI/c1-19-15-22(18-29(19)17-20-9-5-3-6-10-20)27-24(25-2)26-16-21-13-14-30(28-21)23-11-7-4-8-12-23;/h3-14,19,22H,15-18H2,1-2H3,(H2,25,26,27);1H. The van der Waals surface area contributed by atoms with E-state index in [9.17, 15) is 0 Å². The molecule has 0 saturated carbocycles. The zero-order chi connectivity index (χ0) is 20.8. The van der Waals surface area contributed by atoms with E-state index in [-0.39, 0.29) is 24.0 Å². The van der Waals surface area contributed by atoms with E-state index >= 15 is 0 Å². The van der Waals surface area contributed by atoms with E-state index in [0.717, 1.165) is 36.9 Å². The van der Waals surface area contributed by atoms with Gasteiger partial charge < -0.3 is 10.6 Å². The van der Waals surface area contributed by atoms with Crippen molar-refractivity contribution >= 4 is 29.9 Å². The van der Waals surface area contributed by atoms with E-state index in [1.54, 1.807) is 0 Å². The highest BCUT2D eigenvalue weighted by Crippen LogP contribution is 2.20. The molecule has 4 rings (SSSR count). The van der Waals surface area contributed by atoms with Crippen LogP contribution >= 0.6 is 24.0 Å². The number of hydrogen-bond acceptors (Lipinski definition) is 3. The van der Waals surface area contributed by atoms with Crippen LogP contribution in [-0.4, -0.2) is 46.3 Å². The molecule has 2 N–H and O–H groups in total. The molecule has 0 amide bonds. The van der Waals surface area contributed by atoms with Crippen LogP contribution in [0.2, 0.25) is 0 Å². The Morgan fingerprint density at radius 1 is 1.06 bits per heavy atom. The smallest absolute Gasteiger partial charge is 0.191 e. The number of likely N-dealkylation sites (tertiary alicyclic amines) is 1. The first-order valence-corrected chi connectivity index (χ1v) is 10.6. The lowest BCUT2D eigenvalue weighted by Gasteiger charge is -2.21. The molecule has 6 nitrogen and oxygen atoms in total. The van der Waals surface area contributed by atoms with Gasteiger partial charge in [0.1, 0.15) is 0 Å². The van der Waals surface area contributed by atoms with Gasteiger partial charge in [-0.3, -0.25) is 9.89 Å². The van der Waals surface area contributed by atoms with Crippen molar-refractivity contribution in [2.45, 2.75) is 38.5 Å². The second-order valence-corrected chi connectivity index (χ2v) is 7.85. The molecule has 1 saturated heterocycles. The first-order valence-electron chi connectivity index (χ1n) is 10.6. The van der Waals surface area contributed by atoms with Gasteiger partial charge in [-0.05, 0) is 37.1 Å². The van der Waals surface area contributed by atoms with Crippen LogP contribution in [0.5, 0.6) is 0 Å². The third-order valence-corrected chi connectivity index (χ3v) is 5.60. The fraction of sp³-hybridized carbons (Fsp3) is 0.333. The number of para-hydroxylation sites is 1. The summed E-state index contributed by atoms with van der Waals surface area (Å²) in [4.78, 5) is 6.94. The van der Waals surface area contributed by atoms with Gasteiger partial charge in [-0.1, -0.05) is 48.5 Å². The minimum absolute atomic E-state index is 0. The van der Waals surface area contributed by atoms with E-state index in [1.165, 1.54) is 5.56 Å². The Bertz CT molecular complexity index is 956. The molecule has 3 aromatic rings. The van der Waals surface area contributed by atoms with Crippen LogP contribution in [0.3, 0.4) is 0 Å². The lowest BCUT2D eigenvalue weighted by molar-refractivity contribution is 0.258. The minimum atomic E-state index is 0. The molecule has 2 heterocycles. The van der Waals surface area contributed by atoms with Crippen LogP contribution in [-0.2, 0) is 13.1 Å². The van der Waals surface area contributed by atoms with E-state index in [0.29, 0.717) is 18.6 Å². The van der Waals surface area contributed by atoms with Crippen molar-refractivity contribution in [1.82, 2.24) is 25.3 Å². The highest BCUT2D eigenvalue weighted by atomic mass is 127. The highest BCUT2D eigenvalue weighted by molar-refractivity contribution is 14.0. The number of guanidine groups is 1. The molecule has 31 heavy (non-hydrogen) atoms. The van der Waals surface area contributed by atoms with Gasteiger partial charge in [-0.25, -0.2) is 4.68 Å². The summed E-state index contributed by atoms with van der Waals surface area (Å²) in [7, 11) is 1.82. The number of hydrogen-bond donors (Lipinski definition) is 2. The Hall–Kier alpha value is -2.39. The number of halogens is 1. The molecule has 0 aliphatic carbocycles. The second-order valence-electron chi connectivity index (χ2n) is 7.85. The van der Waals surface area contributed by atoms with Crippen molar-refractivity contribution < 1.29 is 0 Å². The highest BCUT2D eigenvalue weighted by Gasteiger charge is 2.29. The normalized spacial score (nSPS) is 19.1. The zero-order valence-corrected chi connectivity index (χ0v) is 20.4. The van der Waals surface area contributed by atoms with Crippen LogP contribution in [0.25, 0.3) is 5.69 Å². The van der Waals surface area contributed by atoms with Gasteiger partial charge in [-0.2, -0.15) is 5.10 Å². The summed E-state index contributed by atoms with van der Waals surface area (Å²) in [6, 6.07) is 23.8. The molecule has 164 valence electrons. The molecule has 0 spiro atoms. The summed E-state index contributed by atoms with van der Waals surface area (Å²) in [5.41, 5.74) is 3.40. The fourth-order valence-corrected chi connectivity index (χ4v) is 3.98. The molecule has 2 aromatic carbocycles. The summed E-state index contributed by atoms with van der Waals surface area (Å²) in [6.45, 7) is 4.94. The van der Waals surface area contributed by atoms with E-state index in [1.807, 2.05) is 54.3 Å². The Balaban J connectivity index is 0.00000272. The lowest BCUT2D eigenvalue weighted by Crippen LogP contribution is -2.44. The van der Waals surface area contributed by atoms with Crippen LogP contribution in [0.1, 0.15) is 24.6 Å². The number of rotatable bonds is 6. The van der Waals surface area contributed by atoms with Gasteiger partial charge in [0.15, 0.2) is 5.96 Å². The molecule has 0 radical (unpaired) electrons. The molecule has 1 aliphatic rings. The monoisotopic (exact) mass is 530 g/mol. The minimum Gasteiger partial charge on any atom is -0.352 e. The maximum absolute atomic E-state index is 4.65. The first kappa shape index (κ1) is 23.3. The van der Waals surface area contributed by atoms with Gasteiger partial charge in [0.05, 0.1) is 17.9 Å².